The average Bonchev–Trinajstić information content (AvgIpc) is 3.67. The highest BCUT2D eigenvalue weighted by atomic mass is 19.1. The van der Waals surface area contributed by atoms with Crippen LogP contribution in [0.1, 0.15) is 49.0 Å². The van der Waals surface area contributed by atoms with Crippen LogP contribution >= 0.6 is 0 Å². The molecule has 0 unspecified atom stereocenters. The molecular weight excluding hydrogens is 532 g/mol. The Labute approximate surface area is 234 Å². The summed E-state index contributed by atoms with van der Waals surface area (Å²) in [6.07, 6.45) is 8.95. The monoisotopic (exact) mass is 561 g/mol. The highest BCUT2D eigenvalue weighted by molar-refractivity contribution is 6.03. The van der Waals surface area contributed by atoms with Crippen LogP contribution in [-0.2, 0) is 0 Å². The molecule has 2 aliphatic carbocycles. The van der Waals surface area contributed by atoms with Crippen LogP contribution in [0.15, 0.2) is 55.0 Å². The van der Waals surface area contributed by atoms with E-state index < -0.39 is 23.6 Å². The van der Waals surface area contributed by atoms with E-state index in [0.29, 0.717) is 17.5 Å². The van der Waals surface area contributed by atoms with Gasteiger partial charge in [-0.2, -0.15) is 0 Å². The third-order valence-corrected chi connectivity index (χ3v) is 7.19. The number of amides is 3. The van der Waals surface area contributed by atoms with E-state index in [0.717, 1.165) is 50.4 Å². The molecule has 0 radical (unpaired) electrons. The van der Waals surface area contributed by atoms with Gasteiger partial charge in [0.25, 0.3) is 5.91 Å². The zero-order valence-electron chi connectivity index (χ0n) is 22.0. The second-order valence-electron chi connectivity index (χ2n) is 10.3. The van der Waals surface area contributed by atoms with Gasteiger partial charge in [0.05, 0.1) is 29.5 Å². The highest BCUT2D eigenvalue weighted by Gasteiger charge is 2.26. The highest BCUT2D eigenvalue weighted by Crippen LogP contribution is 2.30. The number of urea groups is 1. The van der Waals surface area contributed by atoms with Gasteiger partial charge in [-0.25, -0.2) is 23.1 Å². The average molecular weight is 562 g/mol. The molecule has 3 amide bonds. The van der Waals surface area contributed by atoms with E-state index in [1.54, 1.807) is 12.1 Å². The van der Waals surface area contributed by atoms with Crippen molar-refractivity contribution in [2.24, 2.45) is 0 Å². The first-order chi connectivity index (χ1) is 19.9. The van der Waals surface area contributed by atoms with Crippen LogP contribution in [0.5, 0.6) is 0 Å². The molecule has 0 bridgehead atoms. The molecule has 212 valence electrons. The van der Waals surface area contributed by atoms with Gasteiger partial charge in [-0.3, -0.25) is 9.78 Å². The maximum absolute atomic E-state index is 14.1. The summed E-state index contributed by atoms with van der Waals surface area (Å²) in [4.78, 5) is 33.5. The minimum atomic E-state index is -0.643. The summed E-state index contributed by atoms with van der Waals surface area (Å²) >= 11 is 0. The van der Waals surface area contributed by atoms with Crippen molar-refractivity contribution < 1.29 is 18.4 Å². The van der Waals surface area contributed by atoms with E-state index in [-0.39, 0.29) is 29.2 Å². The first kappa shape index (κ1) is 26.4. The largest absolute Gasteiger partial charge is 0.379 e. The first-order valence-corrected chi connectivity index (χ1v) is 13.6. The van der Waals surface area contributed by atoms with Crippen molar-refractivity contribution in [1.82, 2.24) is 24.9 Å². The maximum Gasteiger partial charge on any atom is 0.319 e. The summed E-state index contributed by atoms with van der Waals surface area (Å²) < 4.78 is 29.4. The standard InChI is InChI=1S/C28H29F2N9O2/c29-19-3-1-2-4-21(19)37-28(41)35-18-9-7-17(8-10-18)34-25-13-23(33-16-5-6-16)26-32-15-24(39(26)38-25)27(40)36-22-11-12-31-14-20(22)30/h1-4,11-18,33H,5-10H2,(H,34,38)(H,31,36,40)(H2,35,37,41). The molecule has 2 saturated carbocycles. The van der Waals surface area contributed by atoms with Gasteiger partial charge >= 0.3 is 6.03 Å². The summed E-state index contributed by atoms with van der Waals surface area (Å²) in [7, 11) is 0. The lowest BCUT2D eigenvalue weighted by Gasteiger charge is -2.30. The summed E-state index contributed by atoms with van der Waals surface area (Å²) in [6.45, 7) is 0. The quantitative estimate of drug-likeness (QED) is 0.209. The fourth-order valence-electron chi connectivity index (χ4n) is 4.91. The minimum Gasteiger partial charge on any atom is -0.379 e. The van der Waals surface area contributed by atoms with Crippen molar-refractivity contribution in [1.29, 1.82) is 0 Å². The van der Waals surface area contributed by atoms with Gasteiger partial charge in [0.15, 0.2) is 17.2 Å². The molecule has 13 heteroatoms. The molecule has 11 nitrogen and oxygen atoms in total. The number of para-hydroxylation sites is 1. The third-order valence-electron chi connectivity index (χ3n) is 7.19. The van der Waals surface area contributed by atoms with Crippen molar-refractivity contribution in [3.05, 3.63) is 72.3 Å². The number of nitrogens with one attached hydrogen (secondary N) is 5. The Hall–Kier alpha value is -4.81. The lowest BCUT2D eigenvalue weighted by Crippen LogP contribution is -2.42. The number of nitrogens with zero attached hydrogens (tertiary/aromatic N) is 4. The van der Waals surface area contributed by atoms with Crippen molar-refractivity contribution >= 4 is 40.5 Å². The van der Waals surface area contributed by atoms with Crippen LogP contribution in [0.2, 0.25) is 0 Å². The Morgan fingerprint density at radius 3 is 2.27 bits per heavy atom. The number of hydrogen-bond acceptors (Lipinski definition) is 7. The number of carbonyl (C=O) groups excluding carboxylic acids is 2. The minimum absolute atomic E-state index is 0.0125. The molecular formula is C28H29F2N9O2. The van der Waals surface area contributed by atoms with Gasteiger partial charge in [-0.1, -0.05) is 12.1 Å². The van der Waals surface area contributed by atoms with Crippen molar-refractivity contribution in [3.63, 3.8) is 0 Å². The fraction of sp³-hybridized carbons (Fsp3) is 0.321. The molecule has 5 N–H and O–H groups in total. The van der Waals surface area contributed by atoms with E-state index in [4.69, 9.17) is 0 Å². The van der Waals surface area contributed by atoms with Crippen LogP contribution in [0, 0.1) is 11.6 Å². The number of halogens is 2. The van der Waals surface area contributed by atoms with Crippen molar-refractivity contribution in [2.45, 2.75) is 56.7 Å². The summed E-state index contributed by atoms with van der Waals surface area (Å²) in [5, 5.41) is 19.6. The van der Waals surface area contributed by atoms with E-state index in [2.05, 4.69) is 41.7 Å². The normalized spacial score (nSPS) is 18.5. The zero-order chi connectivity index (χ0) is 28.3. The van der Waals surface area contributed by atoms with Gasteiger partial charge in [0.2, 0.25) is 0 Å². The number of fused-ring (bicyclic) bond motifs is 1. The predicted octanol–water partition coefficient (Wildman–Crippen LogP) is 4.77. The van der Waals surface area contributed by atoms with Gasteiger partial charge < -0.3 is 26.6 Å². The number of carbonyl (C=O) groups is 2. The lowest BCUT2D eigenvalue weighted by molar-refractivity contribution is 0.102. The van der Waals surface area contributed by atoms with Gasteiger partial charge in [0, 0.05) is 30.4 Å². The van der Waals surface area contributed by atoms with Crippen LogP contribution in [0.25, 0.3) is 5.65 Å². The Balaban J connectivity index is 1.13. The predicted molar refractivity (Wildman–Crippen MR) is 150 cm³/mol. The van der Waals surface area contributed by atoms with Crippen LogP contribution in [-0.4, -0.2) is 49.6 Å². The number of imidazole rings is 1. The molecule has 41 heavy (non-hydrogen) atoms. The SMILES string of the molecule is O=C(Nc1ccccc1F)NC1CCC(Nc2cc(NC3CC3)c3ncc(C(=O)Nc4ccncc4F)n3n2)CC1. The van der Waals surface area contributed by atoms with E-state index >= 15 is 0 Å². The Bertz CT molecular complexity index is 1580. The zero-order valence-corrected chi connectivity index (χ0v) is 22.0. The Morgan fingerprint density at radius 2 is 1.51 bits per heavy atom. The molecule has 2 aliphatic rings. The second-order valence-corrected chi connectivity index (χ2v) is 10.3. The fourth-order valence-corrected chi connectivity index (χ4v) is 4.91. The smallest absolute Gasteiger partial charge is 0.319 e. The topological polar surface area (TPSA) is 137 Å². The first-order valence-electron chi connectivity index (χ1n) is 13.6. The maximum atomic E-state index is 14.1. The molecule has 1 aromatic carbocycles. The van der Waals surface area contributed by atoms with Crippen molar-refractivity contribution in [3.8, 4) is 0 Å². The molecule has 0 atom stereocenters. The summed E-state index contributed by atoms with van der Waals surface area (Å²) in [5.74, 6) is -1.11. The van der Waals surface area contributed by atoms with Gasteiger partial charge in [-0.05, 0) is 56.7 Å². The van der Waals surface area contributed by atoms with E-state index in [1.807, 2.05) is 6.07 Å². The number of benzene rings is 1. The molecule has 0 aliphatic heterocycles. The van der Waals surface area contributed by atoms with E-state index in [9.17, 15) is 18.4 Å². The molecule has 3 heterocycles. The van der Waals surface area contributed by atoms with Crippen LogP contribution < -0.4 is 26.6 Å². The number of pyridine rings is 1. The second kappa shape index (κ2) is 11.4. The van der Waals surface area contributed by atoms with Gasteiger partial charge in [-0.15, -0.1) is 5.10 Å². The summed E-state index contributed by atoms with van der Waals surface area (Å²) in [5.41, 5.74) is 1.55. The molecule has 6 rings (SSSR count). The molecule has 4 aromatic rings. The number of rotatable bonds is 8. The molecule has 0 saturated heterocycles. The van der Waals surface area contributed by atoms with Crippen molar-refractivity contribution in [2.75, 3.05) is 21.3 Å². The Kier molecular flexibility index (Phi) is 7.32. The van der Waals surface area contributed by atoms with Gasteiger partial charge in [0.1, 0.15) is 11.6 Å². The van der Waals surface area contributed by atoms with E-state index in [1.165, 1.54) is 35.1 Å². The Morgan fingerprint density at radius 1 is 0.805 bits per heavy atom. The molecule has 2 fully saturated rings. The number of hydrogen-bond donors (Lipinski definition) is 5. The molecule has 3 aromatic heterocycles. The molecule has 0 spiro atoms. The number of anilines is 4. The van der Waals surface area contributed by atoms with Crippen LogP contribution in [0.4, 0.5) is 36.5 Å². The number of aromatic nitrogens is 4. The third kappa shape index (κ3) is 6.18. The lowest BCUT2D eigenvalue weighted by atomic mass is 9.91. The van der Waals surface area contributed by atoms with Crippen LogP contribution in [0.3, 0.4) is 0 Å². The summed E-state index contributed by atoms with van der Waals surface area (Å²) in [6, 6.07) is 9.25.